The van der Waals surface area contributed by atoms with Gasteiger partial charge in [0.15, 0.2) is 0 Å². The molecule has 2 aromatic rings. The van der Waals surface area contributed by atoms with E-state index in [9.17, 15) is 13.2 Å². The van der Waals surface area contributed by atoms with Gasteiger partial charge in [0.25, 0.3) is 5.91 Å². The third kappa shape index (κ3) is 8.32. The molecule has 5 aliphatic heterocycles. The molecule has 52 heavy (non-hydrogen) atoms. The molecular formula is C39H54ClFN6O4S. The zero-order valence-electron chi connectivity index (χ0n) is 30.8. The molecule has 1 amide bonds. The fraction of sp³-hybridized carbons (Fsp3) is 0.615. The molecule has 7 rings (SSSR count). The summed E-state index contributed by atoms with van der Waals surface area (Å²) in [4.78, 5) is 25.5. The molecule has 3 fully saturated rings. The second-order valence-corrected chi connectivity index (χ2v) is 18.2. The third-order valence-corrected chi connectivity index (χ3v) is 14.3. The average molecular weight is 757 g/mol. The lowest BCUT2D eigenvalue weighted by Crippen LogP contribution is -2.64. The minimum atomic E-state index is -4.05. The smallest absolute Gasteiger partial charge is 0.264 e. The molecule has 0 aromatic heterocycles. The van der Waals surface area contributed by atoms with Crippen molar-refractivity contribution in [3.05, 3.63) is 70.0 Å². The van der Waals surface area contributed by atoms with E-state index in [1.165, 1.54) is 0 Å². The van der Waals surface area contributed by atoms with Gasteiger partial charge >= 0.3 is 0 Å². The number of hydrogen-bond acceptors (Lipinski definition) is 9. The highest BCUT2D eigenvalue weighted by atomic mass is 35.5. The molecule has 5 heterocycles. The van der Waals surface area contributed by atoms with Crippen LogP contribution in [0.15, 0.2) is 48.3 Å². The first-order valence-electron chi connectivity index (χ1n) is 19.1. The van der Waals surface area contributed by atoms with Crippen LogP contribution in [0.3, 0.4) is 0 Å². The Morgan fingerprint density at radius 1 is 0.942 bits per heavy atom. The highest BCUT2D eigenvalue weighted by molar-refractivity contribution is 7.90. The van der Waals surface area contributed by atoms with Crippen LogP contribution in [0.4, 0.5) is 10.1 Å². The van der Waals surface area contributed by atoms with E-state index in [4.69, 9.17) is 16.3 Å². The molecule has 2 bridgehead atoms. The number of carbonyl (C=O) groups excluding carboxylic acids is 1. The number of allylic oxidation sites excluding steroid dienone is 1. The molecule has 3 saturated heterocycles. The first-order chi connectivity index (χ1) is 24.9. The van der Waals surface area contributed by atoms with Crippen LogP contribution in [0, 0.1) is 5.92 Å². The van der Waals surface area contributed by atoms with Crippen molar-refractivity contribution in [1.29, 1.82) is 0 Å². The maximum absolute atomic E-state index is 16.7. The van der Waals surface area contributed by atoms with Gasteiger partial charge in [-0.1, -0.05) is 30.7 Å². The fourth-order valence-corrected chi connectivity index (χ4v) is 10.0. The largest absolute Gasteiger partial charge is 0.487 e. The molecular weight excluding hydrogens is 703 g/mol. The molecule has 284 valence electrons. The number of piperazine rings is 2. The summed E-state index contributed by atoms with van der Waals surface area (Å²) >= 11 is 6.38. The van der Waals surface area contributed by atoms with Gasteiger partial charge in [-0.15, -0.1) is 0 Å². The molecule has 2 aromatic carbocycles. The highest BCUT2D eigenvalue weighted by Gasteiger charge is 2.40. The Labute approximate surface area is 313 Å². The van der Waals surface area contributed by atoms with Gasteiger partial charge < -0.3 is 14.5 Å². The Morgan fingerprint density at radius 3 is 2.58 bits per heavy atom. The van der Waals surface area contributed by atoms with Crippen molar-refractivity contribution in [3.63, 3.8) is 0 Å². The summed E-state index contributed by atoms with van der Waals surface area (Å²) in [6.45, 7) is 12.4. The highest BCUT2D eigenvalue weighted by Crippen LogP contribution is 2.36. The summed E-state index contributed by atoms with van der Waals surface area (Å²) in [5, 5.41) is -0.212. The molecule has 10 nitrogen and oxygen atoms in total. The monoisotopic (exact) mass is 756 g/mol. The second-order valence-electron chi connectivity index (χ2n) is 15.7. The van der Waals surface area contributed by atoms with Crippen LogP contribution < -0.4 is 14.4 Å². The Balaban J connectivity index is 1.22. The lowest BCUT2D eigenvalue weighted by Gasteiger charge is -2.51. The maximum atomic E-state index is 16.7. The number of likely N-dealkylation sites (N-methyl/N-ethyl adjacent to an activating group) is 1. The van der Waals surface area contributed by atoms with Crippen LogP contribution in [0.1, 0.15) is 61.0 Å². The summed E-state index contributed by atoms with van der Waals surface area (Å²) in [7, 11) is -1.87. The van der Waals surface area contributed by atoms with Gasteiger partial charge in [-0.2, -0.15) is 0 Å². The van der Waals surface area contributed by atoms with E-state index >= 15 is 4.39 Å². The van der Waals surface area contributed by atoms with Crippen molar-refractivity contribution in [1.82, 2.24) is 24.3 Å². The van der Waals surface area contributed by atoms with Gasteiger partial charge in [-0.05, 0) is 93.5 Å². The zero-order chi connectivity index (χ0) is 36.6. The Morgan fingerprint density at radius 2 is 1.77 bits per heavy atom. The van der Waals surface area contributed by atoms with Crippen LogP contribution in [0.5, 0.6) is 5.75 Å². The number of fused-ring (bicyclic) bond motifs is 4. The molecule has 0 aliphatic carbocycles. The molecule has 0 radical (unpaired) electrons. The van der Waals surface area contributed by atoms with Crippen LogP contribution in [0.25, 0.3) is 0 Å². The molecule has 0 saturated carbocycles. The summed E-state index contributed by atoms with van der Waals surface area (Å²) in [5.74, 6) is -0.666. The minimum absolute atomic E-state index is 0.0994. The fourth-order valence-electron chi connectivity index (χ4n) is 8.55. The van der Waals surface area contributed by atoms with Crippen LogP contribution in [0.2, 0.25) is 5.02 Å². The predicted octanol–water partition coefficient (Wildman–Crippen LogP) is 4.78. The van der Waals surface area contributed by atoms with E-state index in [1.807, 2.05) is 25.1 Å². The normalized spacial score (nSPS) is 30.9. The van der Waals surface area contributed by atoms with Crippen molar-refractivity contribution in [3.8, 4) is 5.75 Å². The number of nitrogens with one attached hydrogen (secondary N) is 1. The number of benzene rings is 2. The summed E-state index contributed by atoms with van der Waals surface area (Å²) < 4.78 is 52.5. The number of anilines is 1. The molecule has 13 heteroatoms. The molecule has 5 aliphatic rings. The SMILES string of the molecule is C[C@@H]1[C@@H](C)C/C=C(\F)[C@H](CN2CCN3CCN(C)C[C@@H]3C2)N2CC[C@H]2CN2CCCCc3cc(Cl)ccc3COc3ccc(cc32)C(=O)NS1(=O)=O. The summed E-state index contributed by atoms with van der Waals surface area (Å²) in [6, 6.07) is 11.2. The van der Waals surface area contributed by atoms with Crippen molar-refractivity contribution in [2.75, 3.05) is 77.4 Å². The first kappa shape index (κ1) is 37.6. The van der Waals surface area contributed by atoms with Crippen LogP contribution in [-0.2, 0) is 23.1 Å². The molecule has 0 unspecified atom stereocenters. The predicted molar refractivity (Wildman–Crippen MR) is 204 cm³/mol. The Kier molecular flexibility index (Phi) is 11.5. The molecule has 5 atom stereocenters. The van der Waals surface area contributed by atoms with E-state index in [2.05, 4.69) is 36.3 Å². The maximum Gasteiger partial charge on any atom is 0.264 e. The van der Waals surface area contributed by atoms with Gasteiger partial charge in [0.2, 0.25) is 10.0 Å². The summed E-state index contributed by atoms with van der Waals surface area (Å²) in [6.07, 6.45) is 5.49. The van der Waals surface area contributed by atoms with Gasteiger partial charge in [0, 0.05) is 88.1 Å². The number of carbonyl (C=O) groups is 1. The van der Waals surface area contributed by atoms with Gasteiger partial charge in [-0.3, -0.25) is 19.5 Å². The number of ether oxygens (including phenoxy) is 1. The van der Waals surface area contributed by atoms with Crippen molar-refractivity contribution < 1.29 is 22.3 Å². The number of amides is 1. The quantitative estimate of drug-likeness (QED) is 0.466. The van der Waals surface area contributed by atoms with Crippen molar-refractivity contribution in [2.45, 2.75) is 75.9 Å². The Bertz CT molecular complexity index is 1760. The van der Waals surface area contributed by atoms with E-state index in [1.54, 1.807) is 31.2 Å². The third-order valence-electron chi connectivity index (χ3n) is 12.2. The lowest BCUT2D eigenvalue weighted by molar-refractivity contribution is -0.00810. The number of nitrogens with zero attached hydrogens (tertiary/aromatic N) is 5. The van der Waals surface area contributed by atoms with E-state index in [0.717, 1.165) is 88.3 Å². The van der Waals surface area contributed by atoms with Crippen molar-refractivity contribution in [2.24, 2.45) is 5.92 Å². The number of rotatable bonds is 2. The van der Waals surface area contributed by atoms with E-state index in [-0.39, 0.29) is 23.9 Å². The van der Waals surface area contributed by atoms with Crippen LogP contribution in [-0.4, -0.2) is 130 Å². The number of halogens is 2. The van der Waals surface area contributed by atoms with Crippen LogP contribution >= 0.6 is 11.6 Å². The second kappa shape index (κ2) is 15.9. The minimum Gasteiger partial charge on any atom is -0.487 e. The zero-order valence-corrected chi connectivity index (χ0v) is 32.3. The van der Waals surface area contributed by atoms with Crippen molar-refractivity contribution >= 4 is 33.2 Å². The standard InChI is InChI=1S/C39H54ClFN6O4S/c1-27-7-11-35(41)37(25-44-17-19-45-18-16-43(3)22-34(45)23-44)47-15-13-33(47)24-46-14-5-4-6-29-20-32(40)10-8-31(29)26-51-38-12-9-30(21-36(38)46)39(48)42-52(49,50)28(27)2/h8-12,20-21,27-28,33-34,37H,4-7,13-19,22-26H2,1-3H3,(H,42,48)/b35-11-/t27-,28+,33-,34+,37-/m0/s1. The van der Waals surface area contributed by atoms with E-state index in [0.29, 0.717) is 43.1 Å². The number of hydrogen-bond donors (Lipinski definition) is 1. The number of sulfonamides is 1. The Hall–Kier alpha value is -2.74. The molecule has 1 N–H and O–H groups in total. The van der Waals surface area contributed by atoms with Gasteiger partial charge in [-0.25, -0.2) is 17.5 Å². The molecule has 0 spiro atoms. The topological polar surface area (TPSA) is 88.7 Å². The lowest BCUT2D eigenvalue weighted by atomic mass is 9.95. The summed E-state index contributed by atoms with van der Waals surface area (Å²) in [5.41, 5.74) is 3.22. The van der Waals surface area contributed by atoms with Gasteiger partial charge in [0.1, 0.15) is 18.2 Å². The average Bonchev–Trinajstić information content (AvgIpc) is 3.14. The van der Waals surface area contributed by atoms with E-state index < -0.39 is 33.1 Å². The van der Waals surface area contributed by atoms with Gasteiger partial charge in [0.05, 0.1) is 17.0 Å². The number of aryl methyl sites for hydroxylation is 1. The first-order valence-corrected chi connectivity index (χ1v) is 21.0.